The van der Waals surface area contributed by atoms with Crippen molar-refractivity contribution >= 4 is 28.4 Å². The average Bonchev–Trinajstić information content (AvgIpc) is 3.15. The van der Waals surface area contributed by atoms with Crippen LogP contribution in [0.3, 0.4) is 0 Å². The minimum atomic E-state index is -4.71. The van der Waals surface area contributed by atoms with E-state index in [1.165, 1.54) is 6.92 Å². The summed E-state index contributed by atoms with van der Waals surface area (Å²) >= 11 is 0. The minimum absolute atomic E-state index is 0.0770. The van der Waals surface area contributed by atoms with Crippen LogP contribution in [0.2, 0.25) is 0 Å². The summed E-state index contributed by atoms with van der Waals surface area (Å²) < 4.78 is 53.4. The molecule has 0 aliphatic carbocycles. The molecule has 32 heavy (non-hydrogen) atoms. The summed E-state index contributed by atoms with van der Waals surface area (Å²) in [5, 5.41) is 12.9. The molecule has 166 valence electrons. The van der Waals surface area contributed by atoms with E-state index in [-0.39, 0.29) is 23.3 Å². The molecule has 1 atom stereocenters. The smallest absolute Gasteiger partial charge is 0.330 e. The molecule has 1 unspecified atom stereocenters. The van der Waals surface area contributed by atoms with E-state index in [4.69, 9.17) is 0 Å². The first-order chi connectivity index (χ1) is 15.0. The number of alkyl halides is 3. The van der Waals surface area contributed by atoms with Crippen LogP contribution in [-0.4, -0.2) is 22.0 Å². The number of H-pyrrole nitrogens is 1. The van der Waals surface area contributed by atoms with Gasteiger partial charge in [0.15, 0.2) is 0 Å². The predicted octanol–water partition coefficient (Wildman–Crippen LogP) is 4.55. The van der Waals surface area contributed by atoms with Crippen LogP contribution >= 0.6 is 0 Å². The van der Waals surface area contributed by atoms with E-state index < -0.39 is 35.3 Å². The number of halogens is 4. The van der Waals surface area contributed by atoms with Crippen molar-refractivity contribution in [1.29, 1.82) is 0 Å². The third-order valence-electron chi connectivity index (χ3n) is 5.42. The van der Waals surface area contributed by atoms with Crippen LogP contribution in [0.4, 0.5) is 23.2 Å². The SMILES string of the molecule is CC1=C(C(=O)Nc2cc(C)c3[nH]ncc3c2)C(c2ccc(C(F)(F)F)cc2F)CC(=O)N1. The van der Waals surface area contributed by atoms with E-state index in [1.54, 1.807) is 18.3 Å². The van der Waals surface area contributed by atoms with Crippen molar-refractivity contribution in [2.24, 2.45) is 0 Å². The molecule has 3 aromatic rings. The van der Waals surface area contributed by atoms with E-state index in [0.717, 1.165) is 28.6 Å². The molecule has 3 N–H and O–H groups in total. The van der Waals surface area contributed by atoms with Crippen molar-refractivity contribution < 1.29 is 27.2 Å². The quantitative estimate of drug-likeness (QED) is 0.516. The second kappa shape index (κ2) is 7.77. The van der Waals surface area contributed by atoms with Gasteiger partial charge < -0.3 is 10.6 Å². The van der Waals surface area contributed by atoms with E-state index >= 15 is 0 Å². The highest BCUT2D eigenvalue weighted by atomic mass is 19.4. The topological polar surface area (TPSA) is 86.9 Å². The average molecular weight is 446 g/mol. The molecule has 0 spiro atoms. The van der Waals surface area contributed by atoms with Crippen molar-refractivity contribution in [3.05, 3.63) is 70.3 Å². The van der Waals surface area contributed by atoms with Crippen molar-refractivity contribution in [1.82, 2.24) is 15.5 Å². The molecule has 0 radical (unpaired) electrons. The molecular formula is C22H18F4N4O2. The zero-order valence-electron chi connectivity index (χ0n) is 17.0. The normalized spacial score (nSPS) is 16.9. The number of anilines is 1. The van der Waals surface area contributed by atoms with E-state index in [2.05, 4.69) is 20.8 Å². The number of nitrogens with zero attached hydrogens (tertiary/aromatic N) is 1. The van der Waals surface area contributed by atoms with Gasteiger partial charge in [-0.25, -0.2) is 4.39 Å². The van der Waals surface area contributed by atoms with Crippen LogP contribution in [0.15, 0.2) is 47.8 Å². The second-order valence-corrected chi connectivity index (χ2v) is 7.66. The standard InChI is InChI=1S/C22H18F4N4O2/c1-10-5-14(6-12-9-27-30-20(10)12)29-21(32)19-11(2)28-18(31)8-16(19)15-4-3-13(7-17(15)23)22(24,25)26/h3-7,9,16H,8H2,1-2H3,(H,27,30)(H,28,31)(H,29,32). The van der Waals surface area contributed by atoms with Crippen LogP contribution in [-0.2, 0) is 15.8 Å². The van der Waals surface area contributed by atoms with Crippen LogP contribution < -0.4 is 10.6 Å². The Labute approximate surface area is 179 Å². The third-order valence-corrected chi connectivity index (χ3v) is 5.42. The van der Waals surface area contributed by atoms with Gasteiger partial charge in [-0.2, -0.15) is 18.3 Å². The summed E-state index contributed by atoms with van der Waals surface area (Å²) in [6.45, 7) is 3.33. The summed E-state index contributed by atoms with van der Waals surface area (Å²) in [4.78, 5) is 25.2. The Morgan fingerprint density at radius 3 is 2.62 bits per heavy atom. The van der Waals surface area contributed by atoms with Crippen molar-refractivity contribution in [3.63, 3.8) is 0 Å². The molecule has 0 bridgehead atoms. The molecule has 1 aliphatic rings. The number of aromatic amines is 1. The van der Waals surface area contributed by atoms with Gasteiger partial charge in [0.05, 0.1) is 17.3 Å². The molecule has 2 aromatic carbocycles. The number of nitrogens with one attached hydrogen (secondary N) is 3. The zero-order chi connectivity index (χ0) is 23.2. The molecular weight excluding hydrogens is 428 g/mol. The van der Waals surface area contributed by atoms with Gasteiger partial charge in [-0.15, -0.1) is 0 Å². The summed E-state index contributed by atoms with van der Waals surface area (Å²) in [7, 11) is 0. The zero-order valence-corrected chi connectivity index (χ0v) is 17.0. The Kier molecular flexibility index (Phi) is 5.23. The van der Waals surface area contributed by atoms with Gasteiger partial charge in [0.1, 0.15) is 5.82 Å². The molecule has 2 amide bonds. The van der Waals surface area contributed by atoms with Gasteiger partial charge in [-0.1, -0.05) is 6.07 Å². The van der Waals surface area contributed by atoms with E-state index in [9.17, 15) is 27.2 Å². The number of fused-ring (bicyclic) bond motifs is 1. The number of carbonyl (C=O) groups excluding carboxylic acids is 2. The van der Waals surface area contributed by atoms with Crippen molar-refractivity contribution in [3.8, 4) is 0 Å². The lowest BCUT2D eigenvalue weighted by atomic mass is 9.83. The minimum Gasteiger partial charge on any atom is -0.330 e. The molecule has 2 heterocycles. The van der Waals surface area contributed by atoms with Gasteiger partial charge >= 0.3 is 6.18 Å². The van der Waals surface area contributed by atoms with Gasteiger partial charge in [-0.3, -0.25) is 14.7 Å². The third kappa shape index (κ3) is 3.95. The molecule has 1 aromatic heterocycles. The fraction of sp³-hybridized carbons (Fsp3) is 0.227. The maximum Gasteiger partial charge on any atom is 0.416 e. The van der Waals surface area contributed by atoms with Gasteiger partial charge in [0.25, 0.3) is 5.91 Å². The first kappa shape index (κ1) is 21.5. The van der Waals surface area contributed by atoms with Crippen LogP contribution in [0.1, 0.15) is 36.0 Å². The maximum absolute atomic E-state index is 14.7. The first-order valence-corrected chi connectivity index (χ1v) is 9.67. The number of hydrogen-bond acceptors (Lipinski definition) is 3. The number of hydrogen-bond donors (Lipinski definition) is 3. The maximum atomic E-state index is 14.7. The van der Waals surface area contributed by atoms with Crippen LogP contribution in [0.5, 0.6) is 0 Å². The Hall–Kier alpha value is -3.69. The Bertz CT molecular complexity index is 1280. The fourth-order valence-corrected chi connectivity index (χ4v) is 3.96. The molecule has 0 fully saturated rings. The van der Waals surface area contributed by atoms with Crippen LogP contribution in [0, 0.1) is 12.7 Å². The summed E-state index contributed by atoms with van der Waals surface area (Å²) in [6, 6.07) is 5.52. The number of carbonyl (C=O) groups is 2. The lowest BCUT2D eigenvalue weighted by Crippen LogP contribution is -2.35. The number of aryl methyl sites for hydroxylation is 1. The molecule has 4 rings (SSSR count). The number of benzene rings is 2. The largest absolute Gasteiger partial charge is 0.416 e. The highest BCUT2D eigenvalue weighted by molar-refractivity contribution is 6.08. The highest BCUT2D eigenvalue weighted by Crippen LogP contribution is 2.37. The second-order valence-electron chi connectivity index (χ2n) is 7.66. The van der Waals surface area contributed by atoms with Gasteiger partial charge in [-0.05, 0) is 49.2 Å². The number of aromatic nitrogens is 2. The number of amides is 2. The lowest BCUT2D eigenvalue weighted by Gasteiger charge is -2.27. The number of rotatable bonds is 3. The molecule has 0 saturated carbocycles. The van der Waals surface area contributed by atoms with E-state index in [0.29, 0.717) is 11.8 Å². The highest BCUT2D eigenvalue weighted by Gasteiger charge is 2.36. The van der Waals surface area contributed by atoms with E-state index in [1.807, 2.05) is 6.92 Å². The molecule has 1 aliphatic heterocycles. The Morgan fingerprint density at radius 2 is 1.94 bits per heavy atom. The number of allylic oxidation sites excluding steroid dienone is 1. The first-order valence-electron chi connectivity index (χ1n) is 9.67. The predicted molar refractivity (Wildman–Crippen MR) is 109 cm³/mol. The van der Waals surface area contributed by atoms with Crippen molar-refractivity contribution in [2.75, 3.05) is 5.32 Å². The molecule has 0 saturated heterocycles. The monoisotopic (exact) mass is 446 g/mol. The van der Waals surface area contributed by atoms with Gasteiger partial charge in [0, 0.05) is 34.7 Å². The molecule has 10 heteroatoms. The summed E-state index contributed by atoms with van der Waals surface area (Å²) in [5.74, 6) is -3.22. The fourth-order valence-electron chi connectivity index (χ4n) is 3.96. The van der Waals surface area contributed by atoms with Crippen molar-refractivity contribution in [2.45, 2.75) is 32.4 Å². The summed E-state index contributed by atoms with van der Waals surface area (Å²) in [5.41, 5.74) is 1.10. The van der Waals surface area contributed by atoms with Gasteiger partial charge in [0.2, 0.25) is 5.91 Å². The Balaban J connectivity index is 1.70. The summed E-state index contributed by atoms with van der Waals surface area (Å²) in [6.07, 6.45) is -3.38. The Morgan fingerprint density at radius 1 is 1.19 bits per heavy atom. The lowest BCUT2D eigenvalue weighted by molar-refractivity contribution is -0.137. The molecule has 6 nitrogen and oxygen atoms in total. The van der Waals surface area contributed by atoms with Crippen LogP contribution in [0.25, 0.3) is 10.9 Å².